The summed E-state index contributed by atoms with van der Waals surface area (Å²) in [5.74, 6) is 0.714. The van der Waals surface area contributed by atoms with Crippen LogP contribution < -0.4 is 0 Å². The number of hydrogen-bond acceptors (Lipinski definition) is 2. The molecule has 0 amide bonds. The van der Waals surface area contributed by atoms with Crippen LogP contribution in [0.3, 0.4) is 0 Å². The third-order valence-electron chi connectivity index (χ3n) is 3.33. The van der Waals surface area contributed by atoms with Gasteiger partial charge in [-0.3, -0.25) is 4.90 Å². The average Bonchev–Trinajstić information content (AvgIpc) is 2.13. The normalized spacial score (nSPS) is 28.0. The molecule has 0 heterocycles. The summed E-state index contributed by atoms with van der Waals surface area (Å²) < 4.78 is 0. The minimum Gasteiger partial charge on any atom is -0.393 e. The molecular formula is C13H27NO. The molecule has 0 bridgehead atoms. The highest BCUT2D eigenvalue weighted by atomic mass is 16.3. The van der Waals surface area contributed by atoms with E-state index < -0.39 is 0 Å². The molecular weight excluding hydrogens is 186 g/mol. The first-order chi connectivity index (χ1) is 7.00. The standard InChI is InChI=1S/C13H27NO/c1-10(2)9-14(11(3)4)12-6-5-7-13(15)8-12/h10-13,15H,5-9H2,1-4H3. The molecule has 90 valence electrons. The second-order valence-corrected chi connectivity index (χ2v) is 5.66. The summed E-state index contributed by atoms with van der Waals surface area (Å²) in [4.78, 5) is 2.58. The zero-order valence-corrected chi connectivity index (χ0v) is 10.7. The van der Waals surface area contributed by atoms with Crippen molar-refractivity contribution < 1.29 is 5.11 Å². The van der Waals surface area contributed by atoms with Gasteiger partial charge in [0.05, 0.1) is 6.10 Å². The number of hydrogen-bond donors (Lipinski definition) is 1. The van der Waals surface area contributed by atoms with Gasteiger partial charge in [0.2, 0.25) is 0 Å². The van der Waals surface area contributed by atoms with Crippen LogP contribution in [0.25, 0.3) is 0 Å². The minimum atomic E-state index is -0.0582. The lowest BCUT2D eigenvalue weighted by Crippen LogP contribution is -2.45. The first-order valence-electron chi connectivity index (χ1n) is 6.44. The van der Waals surface area contributed by atoms with Crippen LogP contribution in [-0.4, -0.2) is 34.7 Å². The van der Waals surface area contributed by atoms with Crippen molar-refractivity contribution in [3.8, 4) is 0 Å². The molecule has 1 rings (SSSR count). The van der Waals surface area contributed by atoms with Crippen LogP contribution in [0.15, 0.2) is 0 Å². The van der Waals surface area contributed by atoms with Crippen LogP contribution in [-0.2, 0) is 0 Å². The first kappa shape index (κ1) is 13.0. The summed E-state index contributed by atoms with van der Waals surface area (Å²) in [7, 11) is 0. The second kappa shape index (κ2) is 5.86. The molecule has 1 aliphatic carbocycles. The SMILES string of the molecule is CC(C)CN(C(C)C)C1CCCC(O)C1. The van der Waals surface area contributed by atoms with E-state index >= 15 is 0 Å². The lowest BCUT2D eigenvalue weighted by atomic mass is 9.90. The Labute approximate surface area is 94.7 Å². The highest BCUT2D eigenvalue weighted by molar-refractivity contribution is 4.82. The summed E-state index contributed by atoms with van der Waals surface area (Å²) in [6.45, 7) is 10.2. The van der Waals surface area contributed by atoms with E-state index in [1.807, 2.05) is 0 Å². The fourth-order valence-corrected chi connectivity index (χ4v) is 2.64. The van der Waals surface area contributed by atoms with E-state index in [1.165, 1.54) is 12.8 Å². The molecule has 0 aromatic carbocycles. The van der Waals surface area contributed by atoms with Gasteiger partial charge in [-0.05, 0) is 45.4 Å². The van der Waals surface area contributed by atoms with Crippen molar-refractivity contribution in [2.75, 3.05) is 6.54 Å². The third-order valence-corrected chi connectivity index (χ3v) is 3.33. The van der Waals surface area contributed by atoms with E-state index in [9.17, 15) is 5.11 Å². The summed E-state index contributed by atoms with van der Waals surface area (Å²) >= 11 is 0. The van der Waals surface area contributed by atoms with Crippen molar-refractivity contribution in [3.05, 3.63) is 0 Å². The first-order valence-corrected chi connectivity index (χ1v) is 6.44. The summed E-state index contributed by atoms with van der Waals surface area (Å²) in [5, 5.41) is 9.72. The van der Waals surface area contributed by atoms with E-state index in [1.54, 1.807) is 0 Å². The molecule has 0 aromatic rings. The van der Waals surface area contributed by atoms with Gasteiger partial charge in [-0.15, -0.1) is 0 Å². The van der Waals surface area contributed by atoms with Gasteiger partial charge in [0.1, 0.15) is 0 Å². The van der Waals surface area contributed by atoms with E-state index in [-0.39, 0.29) is 6.10 Å². The van der Waals surface area contributed by atoms with Crippen molar-refractivity contribution in [2.24, 2.45) is 5.92 Å². The molecule has 2 atom stereocenters. The van der Waals surface area contributed by atoms with Crippen LogP contribution in [0.1, 0.15) is 53.4 Å². The molecule has 1 aliphatic rings. The second-order valence-electron chi connectivity index (χ2n) is 5.66. The predicted octanol–water partition coefficient (Wildman–Crippen LogP) is 2.66. The van der Waals surface area contributed by atoms with Gasteiger partial charge in [0.25, 0.3) is 0 Å². The van der Waals surface area contributed by atoms with Crippen LogP contribution in [0.2, 0.25) is 0 Å². The van der Waals surface area contributed by atoms with Crippen LogP contribution in [0.4, 0.5) is 0 Å². The number of nitrogens with zero attached hydrogens (tertiary/aromatic N) is 1. The molecule has 0 aliphatic heterocycles. The number of aliphatic hydroxyl groups is 1. The molecule has 0 aromatic heterocycles. The van der Waals surface area contributed by atoms with Gasteiger partial charge < -0.3 is 5.11 Å². The molecule has 1 N–H and O–H groups in total. The van der Waals surface area contributed by atoms with Gasteiger partial charge >= 0.3 is 0 Å². The Morgan fingerprint density at radius 2 is 1.87 bits per heavy atom. The molecule has 1 fully saturated rings. The number of rotatable bonds is 4. The monoisotopic (exact) mass is 213 g/mol. The average molecular weight is 213 g/mol. The van der Waals surface area contributed by atoms with E-state index in [4.69, 9.17) is 0 Å². The Morgan fingerprint density at radius 3 is 2.33 bits per heavy atom. The Morgan fingerprint density at radius 1 is 1.20 bits per heavy atom. The molecule has 1 saturated carbocycles. The molecule has 0 radical (unpaired) electrons. The van der Waals surface area contributed by atoms with E-state index in [2.05, 4.69) is 32.6 Å². The molecule has 2 nitrogen and oxygen atoms in total. The third kappa shape index (κ3) is 4.12. The number of aliphatic hydroxyl groups excluding tert-OH is 1. The van der Waals surface area contributed by atoms with E-state index in [0.717, 1.165) is 19.4 Å². The Balaban J connectivity index is 2.54. The lowest BCUT2D eigenvalue weighted by molar-refractivity contribution is 0.0412. The van der Waals surface area contributed by atoms with Crippen LogP contribution >= 0.6 is 0 Å². The molecule has 0 saturated heterocycles. The van der Waals surface area contributed by atoms with Crippen molar-refractivity contribution in [1.29, 1.82) is 0 Å². The Bertz CT molecular complexity index is 179. The maximum atomic E-state index is 9.72. The quantitative estimate of drug-likeness (QED) is 0.776. The van der Waals surface area contributed by atoms with Crippen LogP contribution in [0, 0.1) is 5.92 Å². The highest BCUT2D eigenvalue weighted by Crippen LogP contribution is 2.25. The van der Waals surface area contributed by atoms with Gasteiger partial charge in [-0.25, -0.2) is 0 Å². The van der Waals surface area contributed by atoms with Crippen molar-refractivity contribution >= 4 is 0 Å². The maximum absolute atomic E-state index is 9.72. The van der Waals surface area contributed by atoms with Gasteiger partial charge in [-0.1, -0.05) is 13.8 Å². The van der Waals surface area contributed by atoms with E-state index in [0.29, 0.717) is 18.0 Å². The zero-order chi connectivity index (χ0) is 11.4. The summed E-state index contributed by atoms with van der Waals surface area (Å²) in [6.07, 6.45) is 4.38. The fraction of sp³-hybridized carbons (Fsp3) is 1.00. The molecule has 15 heavy (non-hydrogen) atoms. The van der Waals surface area contributed by atoms with Gasteiger partial charge in [0.15, 0.2) is 0 Å². The van der Waals surface area contributed by atoms with Gasteiger partial charge in [0, 0.05) is 18.6 Å². The highest BCUT2D eigenvalue weighted by Gasteiger charge is 2.27. The Hall–Kier alpha value is -0.0800. The molecule has 2 unspecified atom stereocenters. The van der Waals surface area contributed by atoms with Crippen molar-refractivity contribution in [3.63, 3.8) is 0 Å². The van der Waals surface area contributed by atoms with Gasteiger partial charge in [-0.2, -0.15) is 0 Å². The largest absolute Gasteiger partial charge is 0.393 e. The summed E-state index contributed by atoms with van der Waals surface area (Å²) in [5.41, 5.74) is 0. The van der Waals surface area contributed by atoms with Crippen LogP contribution in [0.5, 0.6) is 0 Å². The summed E-state index contributed by atoms with van der Waals surface area (Å²) in [6, 6.07) is 1.21. The zero-order valence-electron chi connectivity index (χ0n) is 10.7. The smallest absolute Gasteiger partial charge is 0.0555 e. The molecule has 0 spiro atoms. The fourth-order valence-electron chi connectivity index (χ4n) is 2.64. The predicted molar refractivity (Wildman–Crippen MR) is 64.9 cm³/mol. The topological polar surface area (TPSA) is 23.5 Å². The maximum Gasteiger partial charge on any atom is 0.0555 e. The van der Waals surface area contributed by atoms with Crippen molar-refractivity contribution in [2.45, 2.75) is 71.6 Å². The lowest BCUT2D eigenvalue weighted by Gasteiger charge is -2.39. The minimum absolute atomic E-state index is 0.0582. The van der Waals surface area contributed by atoms with Crippen molar-refractivity contribution in [1.82, 2.24) is 4.90 Å². The Kier molecular flexibility index (Phi) is 5.07. The molecule has 2 heteroatoms.